The first-order valence-corrected chi connectivity index (χ1v) is 13.3. The Bertz CT molecular complexity index is 1440. The highest BCUT2D eigenvalue weighted by Crippen LogP contribution is 2.31. The molecule has 0 fully saturated rings. The number of carbonyl (C=O) groups is 2. The molecule has 3 rings (SSSR count). The van der Waals surface area contributed by atoms with Crippen molar-refractivity contribution in [3.05, 3.63) is 103 Å². The maximum Gasteiger partial charge on any atom is 0.274 e. The van der Waals surface area contributed by atoms with Crippen LogP contribution >= 0.6 is 0 Å². The number of carbonyl (C=O) groups excluding carboxylic acids is 2. The molecule has 0 spiro atoms. The summed E-state index contributed by atoms with van der Waals surface area (Å²) < 4.78 is 5.53. The van der Waals surface area contributed by atoms with Gasteiger partial charge in [-0.05, 0) is 96.3 Å². The van der Waals surface area contributed by atoms with Crippen LogP contribution in [-0.2, 0) is 13.0 Å². The van der Waals surface area contributed by atoms with Crippen molar-refractivity contribution in [3.63, 3.8) is 0 Å². The summed E-state index contributed by atoms with van der Waals surface area (Å²) in [6.07, 6.45) is 0.517. The first-order valence-electron chi connectivity index (χ1n) is 13.3. The molecule has 0 aliphatic heterocycles. The summed E-state index contributed by atoms with van der Waals surface area (Å²) in [4.78, 5) is 40.4. The van der Waals surface area contributed by atoms with Crippen LogP contribution in [0.3, 0.4) is 0 Å². The van der Waals surface area contributed by atoms with Crippen LogP contribution in [0.5, 0.6) is 5.75 Å². The number of benzene rings is 3. The molecule has 0 heterocycles. The Balaban J connectivity index is 2.31. The minimum Gasteiger partial charge on any atom is -0.496 e. The van der Waals surface area contributed by atoms with Crippen LogP contribution in [0.2, 0.25) is 0 Å². The Morgan fingerprint density at radius 3 is 2.05 bits per heavy atom. The van der Waals surface area contributed by atoms with Crippen molar-refractivity contribution in [1.29, 1.82) is 0 Å². The summed E-state index contributed by atoms with van der Waals surface area (Å²) in [5, 5.41) is 14.9. The number of nitrogens with zero attached hydrogens (tertiary/aromatic N) is 3. The Morgan fingerprint density at radius 2 is 1.52 bits per heavy atom. The molecular weight excluding hydrogens is 506 g/mol. The highest BCUT2D eigenvalue weighted by atomic mass is 16.6. The molecule has 212 valence electrons. The van der Waals surface area contributed by atoms with Gasteiger partial charge in [-0.1, -0.05) is 30.2 Å². The third-order valence-electron chi connectivity index (χ3n) is 6.92. The smallest absolute Gasteiger partial charge is 0.274 e. The second kappa shape index (κ2) is 11.9. The highest BCUT2D eigenvalue weighted by Gasteiger charge is 2.38. The summed E-state index contributed by atoms with van der Waals surface area (Å²) >= 11 is 0. The van der Waals surface area contributed by atoms with Crippen molar-refractivity contribution >= 4 is 17.5 Å². The third kappa shape index (κ3) is 6.33. The first kappa shape index (κ1) is 30.3. The first-order chi connectivity index (χ1) is 18.7. The Kier molecular flexibility index (Phi) is 9.03. The van der Waals surface area contributed by atoms with Gasteiger partial charge in [0.1, 0.15) is 5.75 Å². The molecular formula is C32H39N3O5. The van der Waals surface area contributed by atoms with Crippen LogP contribution in [0, 0.1) is 37.8 Å². The number of methoxy groups -OCH3 is 1. The molecule has 0 aliphatic carbocycles. The van der Waals surface area contributed by atoms with E-state index in [0.717, 1.165) is 22.3 Å². The fraction of sp³-hybridized carbons (Fsp3) is 0.375. The van der Waals surface area contributed by atoms with Crippen molar-refractivity contribution < 1.29 is 19.2 Å². The van der Waals surface area contributed by atoms with E-state index in [2.05, 4.69) is 0 Å². The van der Waals surface area contributed by atoms with Gasteiger partial charge >= 0.3 is 0 Å². The van der Waals surface area contributed by atoms with E-state index in [-0.39, 0.29) is 18.1 Å². The van der Waals surface area contributed by atoms with Crippen molar-refractivity contribution in [2.45, 2.75) is 73.9 Å². The summed E-state index contributed by atoms with van der Waals surface area (Å²) in [5.41, 5.74) is 4.34. The van der Waals surface area contributed by atoms with E-state index in [1.54, 1.807) is 43.5 Å². The molecule has 0 radical (unpaired) electrons. The molecule has 0 atom stereocenters. The zero-order chi connectivity index (χ0) is 29.9. The van der Waals surface area contributed by atoms with Crippen molar-refractivity contribution in [2.75, 3.05) is 7.11 Å². The van der Waals surface area contributed by atoms with Gasteiger partial charge in [0.15, 0.2) is 0 Å². The van der Waals surface area contributed by atoms with Crippen LogP contribution in [0.25, 0.3) is 0 Å². The van der Waals surface area contributed by atoms with Gasteiger partial charge in [0.05, 0.1) is 29.7 Å². The van der Waals surface area contributed by atoms with E-state index in [1.165, 1.54) is 16.1 Å². The van der Waals surface area contributed by atoms with Gasteiger partial charge < -0.3 is 4.74 Å². The molecule has 0 aliphatic rings. The van der Waals surface area contributed by atoms with Gasteiger partial charge in [-0.3, -0.25) is 19.7 Å². The lowest BCUT2D eigenvalue weighted by molar-refractivity contribution is -0.385. The number of nitro benzene ring substituents is 1. The summed E-state index contributed by atoms with van der Waals surface area (Å²) in [6, 6.07) is 14.0. The quantitative estimate of drug-likeness (QED) is 0.238. The highest BCUT2D eigenvalue weighted by molar-refractivity contribution is 6.00. The minimum atomic E-state index is -0.857. The largest absolute Gasteiger partial charge is 0.496 e. The van der Waals surface area contributed by atoms with Gasteiger partial charge in [-0.25, -0.2) is 10.0 Å². The van der Waals surface area contributed by atoms with Crippen molar-refractivity contribution in [2.24, 2.45) is 0 Å². The van der Waals surface area contributed by atoms with Crippen molar-refractivity contribution in [1.82, 2.24) is 10.0 Å². The molecule has 0 saturated carbocycles. The maximum absolute atomic E-state index is 14.5. The molecule has 0 bridgehead atoms. The Morgan fingerprint density at radius 1 is 0.925 bits per heavy atom. The molecule has 0 saturated heterocycles. The molecule has 0 N–H and O–H groups in total. The van der Waals surface area contributed by atoms with Gasteiger partial charge in [0.25, 0.3) is 17.5 Å². The van der Waals surface area contributed by atoms with Gasteiger partial charge in [-0.15, -0.1) is 0 Å². The number of rotatable bonds is 7. The minimum absolute atomic E-state index is 0.102. The van der Waals surface area contributed by atoms with E-state index in [0.29, 0.717) is 34.4 Å². The zero-order valence-corrected chi connectivity index (χ0v) is 24.9. The molecule has 0 aromatic heterocycles. The second-order valence-electron chi connectivity index (χ2n) is 11.2. The standard InChI is InChI=1S/C32H39N3O5/c1-10-26-27(12-11-13-29(26)40-9)31(37)33(19-25-17-22(4)23(5)18-28(25)35(38)39)34(32(6,7)8)30(36)24-15-20(2)14-21(3)16-24/h11-18H,10,19H2,1-9H3. The lowest BCUT2D eigenvalue weighted by atomic mass is 10.00. The third-order valence-corrected chi connectivity index (χ3v) is 6.92. The van der Waals surface area contributed by atoms with E-state index in [1.807, 2.05) is 61.5 Å². The van der Waals surface area contributed by atoms with Crippen LogP contribution < -0.4 is 4.74 Å². The summed E-state index contributed by atoms with van der Waals surface area (Å²) in [5.74, 6) is -0.260. The maximum atomic E-state index is 14.5. The van der Waals surface area contributed by atoms with Crippen molar-refractivity contribution in [3.8, 4) is 5.75 Å². The Hall–Kier alpha value is -4.20. The van der Waals surface area contributed by atoms with E-state index in [4.69, 9.17) is 4.74 Å². The fourth-order valence-electron chi connectivity index (χ4n) is 5.01. The molecule has 3 aromatic carbocycles. The lowest BCUT2D eigenvalue weighted by Crippen LogP contribution is -2.58. The predicted octanol–water partition coefficient (Wildman–Crippen LogP) is 6.90. The van der Waals surface area contributed by atoms with Gasteiger partial charge in [0.2, 0.25) is 0 Å². The SMILES string of the molecule is CCc1c(OC)cccc1C(=O)N(Cc1cc(C)c(C)cc1[N+](=O)[O-])N(C(=O)c1cc(C)cc(C)c1)C(C)(C)C. The monoisotopic (exact) mass is 545 g/mol. The zero-order valence-electron chi connectivity index (χ0n) is 24.9. The number of aryl methyl sites for hydroxylation is 4. The van der Waals surface area contributed by atoms with E-state index < -0.39 is 16.4 Å². The molecule has 40 heavy (non-hydrogen) atoms. The van der Waals surface area contributed by atoms with Gasteiger partial charge in [0, 0.05) is 22.8 Å². The molecule has 0 unspecified atom stereocenters. The Labute approximate surface area is 236 Å². The number of ether oxygens (including phenoxy) is 1. The number of nitro groups is 1. The second-order valence-corrected chi connectivity index (χ2v) is 11.2. The predicted molar refractivity (Wildman–Crippen MR) is 157 cm³/mol. The average molecular weight is 546 g/mol. The molecule has 2 amide bonds. The summed E-state index contributed by atoms with van der Waals surface area (Å²) in [6.45, 7) is 14.8. The van der Waals surface area contributed by atoms with E-state index in [9.17, 15) is 19.7 Å². The lowest BCUT2D eigenvalue weighted by Gasteiger charge is -2.44. The fourth-order valence-corrected chi connectivity index (χ4v) is 5.01. The van der Waals surface area contributed by atoms with Crippen LogP contribution in [0.15, 0.2) is 48.5 Å². The number of hydrogen-bond donors (Lipinski definition) is 0. The van der Waals surface area contributed by atoms with Crippen LogP contribution in [-0.4, -0.2) is 39.4 Å². The normalized spacial score (nSPS) is 11.2. The summed E-state index contributed by atoms with van der Waals surface area (Å²) in [7, 11) is 1.55. The number of amides is 2. The van der Waals surface area contributed by atoms with E-state index >= 15 is 0 Å². The number of hydrogen-bond acceptors (Lipinski definition) is 5. The number of hydrazine groups is 1. The molecule has 3 aromatic rings. The van der Waals surface area contributed by atoms with Crippen LogP contribution in [0.1, 0.15) is 81.8 Å². The average Bonchev–Trinajstić information content (AvgIpc) is 2.87. The molecule has 8 nitrogen and oxygen atoms in total. The van der Waals surface area contributed by atoms with Crippen LogP contribution in [0.4, 0.5) is 5.69 Å². The molecule has 8 heteroatoms. The topological polar surface area (TPSA) is 93.0 Å². The van der Waals surface area contributed by atoms with Gasteiger partial charge in [-0.2, -0.15) is 0 Å².